The SMILES string of the molecule is CCC[C@H](c1cccc(OC)c1F)N1CCNCC1.Cl. The van der Waals surface area contributed by atoms with E-state index in [0.29, 0.717) is 5.75 Å². The summed E-state index contributed by atoms with van der Waals surface area (Å²) in [5, 5.41) is 3.34. The van der Waals surface area contributed by atoms with E-state index in [1.54, 1.807) is 6.07 Å². The molecule has 1 aliphatic rings. The molecular weight excluding hydrogens is 279 g/mol. The first-order valence-corrected chi connectivity index (χ1v) is 7.05. The fraction of sp³-hybridized carbons (Fsp3) is 0.600. The van der Waals surface area contributed by atoms with E-state index in [1.165, 1.54) is 7.11 Å². The predicted molar refractivity (Wildman–Crippen MR) is 82.3 cm³/mol. The van der Waals surface area contributed by atoms with Gasteiger partial charge in [0.2, 0.25) is 0 Å². The van der Waals surface area contributed by atoms with Crippen molar-refractivity contribution in [3.63, 3.8) is 0 Å². The van der Waals surface area contributed by atoms with Crippen LogP contribution in [0.3, 0.4) is 0 Å². The zero-order valence-corrected chi connectivity index (χ0v) is 13.0. The second kappa shape index (κ2) is 8.45. The molecule has 0 bridgehead atoms. The van der Waals surface area contributed by atoms with Gasteiger partial charge in [0.15, 0.2) is 11.6 Å². The molecule has 1 saturated heterocycles. The first-order chi connectivity index (χ1) is 9.27. The second-order valence-electron chi connectivity index (χ2n) is 4.95. The number of piperazine rings is 1. The minimum atomic E-state index is -0.206. The first kappa shape index (κ1) is 17.2. The Morgan fingerprint density at radius 3 is 2.65 bits per heavy atom. The molecule has 20 heavy (non-hydrogen) atoms. The van der Waals surface area contributed by atoms with E-state index in [-0.39, 0.29) is 24.3 Å². The van der Waals surface area contributed by atoms with Gasteiger partial charge in [0.1, 0.15) is 0 Å². The lowest BCUT2D eigenvalue weighted by molar-refractivity contribution is 0.161. The number of benzene rings is 1. The van der Waals surface area contributed by atoms with Crippen molar-refractivity contribution < 1.29 is 9.13 Å². The molecule has 3 nitrogen and oxygen atoms in total. The molecule has 1 aromatic carbocycles. The third-order valence-corrected chi connectivity index (χ3v) is 3.73. The molecule has 0 aromatic heterocycles. The highest BCUT2D eigenvalue weighted by molar-refractivity contribution is 5.85. The molecule has 0 unspecified atom stereocenters. The summed E-state index contributed by atoms with van der Waals surface area (Å²) in [5.74, 6) is 0.135. The summed E-state index contributed by atoms with van der Waals surface area (Å²) in [4.78, 5) is 2.37. The van der Waals surface area contributed by atoms with Crippen LogP contribution in [0.1, 0.15) is 31.4 Å². The fourth-order valence-electron chi connectivity index (χ4n) is 2.74. The van der Waals surface area contributed by atoms with E-state index in [9.17, 15) is 4.39 Å². The fourth-order valence-corrected chi connectivity index (χ4v) is 2.74. The number of methoxy groups -OCH3 is 1. The maximum atomic E-state index is 14.4. The number of hydrogen-bond donors (Lipinski definition) is 1. The Morgan fingerprint density at radius 2 is 2.05 bits per heavy atom. The van der Waals surface area contributed by atoms with Crippen molar-refractivity contribution in [3.8, 4) is 5.75 Å². The highest BCUT2D eigenvalue weighted by atomic mass is 35.5. The number of rotatable bonds is 5. The Bertz CT molecular complexity index is 411. The second-order valence-corrected chi connectivity index (χ2v) is 4.95. The monoisotopic (exact) mass is 302 g/mol. The first-order valence-electron chi connectivity index (χ1n) is 7.05. The lowest BCUT2D eigenvalue weighted by Gasteiger charge is -2.35. The van der Waals surface area contributed by atoms with Gasteiger partial charge in [-0.15, -0.1) is 12.4 Å². The van der Waals surface area contributed by atoms with E-state index < -0.39 is 0 Å². The van der Waals surface area contributed by atoms with Crippen molar-refractivity contribution in [1.29, 1.82) is 0 Å². The Kier molecular flexibility index (Phi) is 7.27. The van der Waals surface area contributed by atoms with Gasteiger partial charge in [-0.2, -0.15) is 0 Å². The van der Waals surface area contributed by atoms with Crippen LogP contribution in [-0.4, -0.2) is 38.2 Å². The van der Waals surface area contributed by atoms with E-state index in [0.717, 1.165) is 44.6 Å². The van der Waals surface area contributed by atoms with Gasteiger partial charge in [0.25, 0.3) is 0 Å². The lowest BCUT2D eigenvalue weighted by Crippen LogP contribution is -2.45. The van der Waals surface area contributed by atoms with Gasteiger partial charge >= 0.3 is 0 Å². The van der Waals surface area contributed by atoms with Crippen molar-refractivity contribution in [2.45, 2.75) is 25.8 Å². The van der Waals surface area contributed by atoms with Crippen LogP contribution in [0.2, 0.25) is 0 Å². The quantitative estimate of drug-likeness (QED) is 0.905. The topological polar surface area (TPSA) is 24.5 Å². The highest BCUT2D eigenvalue weighted by Crippen LogP contribution is 2.31. The van der Waals surface area contributed by atoms with Gasteiger partial charge in [0.05, 0.1) is 7.11 Å². The molecular formula is C15H24ClFN2O. The zero-order chi connectivity index (χ0) is 13.7. The van der Waals surface area contributed by atoms with Gasteiger partial charge in [-0.1, -0.05) is 25.5 Å². The summed E-state index contributed by atoms with van der Waals surface area (Å²) in [5.41, 5.74) is 0.767. The molecule has 1 aliphatic heterocycles. The average Bonchev–Trinajstić information content (AvgIpc) is 2.46. The van der Waals surface area contributed by atoms with Gasteiger partial charge in [-0.3, -0.25) is 4.90 Å². The van der Waals surface area contributed by atoms with Crippen molar-refractivity contribution in [3.05, 3.63) is 29.6 Å². The van der Waals surface area contributed by atoms with Gasteiger partial charge in [-0.25, -0.2) is 4.39 Å². The standard InChI is InChI=1S/C15H23FN2O.ClH/c1-3-5-13(18-10-8-17-9-11-18)12-6-4-7-14(19-2)15(12)16;/h4,6-7,13,17H,3,5,8-11H2,1-2H3;1H/t13-;/m1./s1. The van der Waals surface area contributed by atoms with Gasteiger partial charge in [-0.05, 0) is 12.5 Å². The molecule has 0 radical (unpaired) electrons. The Labute approximate surface area is 126 Å². The molecule has 0 amide bonds. The van der Waals surface area contributed by atoms with Crippen LogP contribution in [0.15, 0.2) is 18.2 Å². The molecule has 114 valence electrons. The molecule has 2 rings (SSSR count). The minimum Gasteiger partial charge on any atom is -0.494 e. The molecule has 1 heterocycles. The largest absolute Gasteiger partial charge is 0.494 e. The molecule has 1 aromatic rings. The summed E-state index contributed by atoms with van der Waals surface area (Å²) < 4.78 is 19.5. The number of nitrogens with one attached hydrogen (secondary N) is 1. The summed E-state index contributed by atoms with van der Waals surface area (Å²) in [6, 6.07) is 5.60. The number of hydrogen-bond acceptors (Lipinski definition) is 3. The van der Waals surface area contributed by atoms with E-state index in [4.69, 9.17) is 4.74 Å². The van der Waals surface area contributed by atoms with Gasteiger partial charge in [0, 0.05) is 37.8 Å². The van der Waals surface area contributed by atoms with Crippen LogP contribution in [0.4, 0.5) is 4.39 Å². The third-order valence-electron chi connectivity index (χ3n) is 3.73. The average molecular weight is 303 g/mol. The van der Waals surface area contributed by atoms with E-state index >= 15 is 0 Å². The lowest BCUT2D eigenvalue weighted by atomic mass is 9.99. The smallest absolute Gasteiger partial charge is 0.169 e. The molecule has 0 spiro atoms. The van der Waals surface area contributed by atoms with Crippen molar-refractivity contribution in [1.82, 2.24) is 10.2 Å². The normalized spacial score (nSPS) is 17.4. The molecule has 1 N–H and O–H groups in total. The van der Waals surface area contributed by atoms with Crippen molar-refractivity contribution in [2.24, 2.45) is 0 Å². The molecule has 1 atom stereocenters. The van der Waals surface area contributed by atoms with Crippen LogP contribution < -0.4 is 10.1 Å². The number of halogens is 2. The molecule has 0 saturated carbocycles. The maximum absolute atomic E-state index is 14.4. The number of nitrogens with zero attached hydrogens (tertiary/aromatic N) is 1. The molecule has 5 heteroatoms. The van der Waals surface area contributed by atoms with Gasteiger partial charge < -0.3 is 10.1 Å². The summed E-state index contributed by atoms with van der Waals surface area (Å²) >= 11 is 0. The summed E-state index contributed by atoms with van der Waals surface area (Å²) in [6.45, 7) is 6.05. The minimum absolute atomic E-state index is 0. The van der Waals surface area contributed by atoms with Crippen molar-refractivity contribution >= 4 is 12.4 Å². The van der Waals surface area contributed by atoms with Crippen LogP contribution in [0, 0.1) is 5.82 Å². The summed E-state index contributed by atoms with van der Waals surface area (Å²) in [7, 11) is 1.52. The van der Waals surface area contributed by atoms with E-state index in [2.05, 4.69) is 17.1 Å². The Hall–Kier alpha value is -0.840. The Morgan fingerprint density at radius 1 is 1.35 bits per heavy atom. The Balaban J connectivity index is 0.00000200. The van der Waals surface area contributed by atoms with Crippen LogP contribution in [0.25, 0.3) is 0 Å². The maximum Gasteiger partial charge on any atom is 0.169 e. The number of ether oxygens (including phenoxy) is 1. The zero-order valence-electron chi connectivity index (χ0n) is 12.2. The third kappa shape index (κ3) is 3.84. The van der Waals surface area contributed by atoms with Crippen LogP contribution >= 0.6 is 12.4 Å². The van der Waals surface area contributed by atoms with Crippen molar-refractivity contribution in [2.75, 3.05) is 33.3 Å². The highest BCUT2D eigenvalue weighted by Gasteiger charge is 2.25. The molecule has 0 aliphatic carbocycles. The van der Waals surface area contributed by atoms with Crippen LogP contribution in [0.5, 0.6) is 5.75 Å². The van der Waals surface area contributed by atoms with Crippen LogP contribution in [-0.2, 0) is 0 Å². The van der Waals surface area contributed by atoms with E-state index in [1.807, 2.05) is 12.1 Å². The predicted octanol–water partition coefficient (Wildman–Crippen LogP) is 3.00. The molecule has 1 fully saturated rings. The summed E-state index contributed by atoms with van der Waals surface area (Å²) in [6.07, 6.45) is 2.02.